The number of piperidine rings is 1. The Bertz CT molecular complexity index is 734. The first-order valence-electron chi connectivity index (χ1n) is 11.5. The Kier molecular flexibility index (Phi) is 6.68. The highest BCUT2D eigenvalue weighted by Gasteiger charge is 2.49. The van der Waals surface area contributed by atoms with E-state index in [1.165, 1.54) is 36.8 Å². The molecule has 0 bridgehead atoms. The standard InChI is InChI=1S/C25H34N2O2/c28-24(26-14-11-19-7-3-1-4-8-19)22-18-23(22)25(29)27-15-12-21(13-16-27)17-20-9-5-2-6-10-20/h2,5-7,9-10,21-23H,1,3-4,8,11-18H2,(H,26,28). The molecule has 2 amide bonds. The number of benzene rings is 1. The zero-order chi connectivity index (χ0) is 20.1. The normalized spacial score (nSPS) is 24.7. The molecule has 1 heterocycles. The van der Waals surface area contributed by atoms with Crippen LogP contribution < -0.4 is 5.32 Å². The second-order valence-corrected chi connectivity index (χ2v) is 9.06. The molecule has 1 aromatic carbocycles. The van der Waals surface area contributed by atoms with Crippen LogP contribution in [0.25, 0.3) is 0 Å². The van der Waals surface area contributed by atoms with E-state index < -0.39 is 0 Å². The molecule has 3 aliphatic rings. The summed E-state index contributed by atoms with van der Waals surface area (Å²) in [5.41, 5.74) is 2.87. The van der Waals surface area contributed by atoms with Crippen molar-refractivity contribution in [2.45, 2.75) is 57.8 Å². The number of rotatable bonds is 7. The highest BCUT2D eigenvalue weighted by Crippen LogP contribution is 2.41. The van der Waals surface area contributed by atoms with Gasteiger partial charge in [-0.3, -0.25) is 9.59 Å². The molecule has 4 heteroatoms. The summed E-state index contributed by atoms with van der Waals surface area (Å²) in [6.45, 7) is 2.40. The second kappa shape index (κ2) is 9.60. The van der Waals surface area contributed by atoms with Crippen LogP contribution in [-0.2, 0) is 16.0 Å². The molecular formula is C25H34N2O2. The maximum Gasteiger partial charge on any atom is 0.226 e. The number of allylic oxidation sites excluding steroid dienone is 1. The highest BCUT2D eigenvalue weighted by atomic mass is 16.2. The average molecular weight is 395 g/mol. The van der Waals surface area contributed by atoms with Crippen molar-refractivity contribution in [2.24, 2.45) is 17.8 Å². The van der Waals surface area contributed by atoms with Gasteiger partial charge >= 0.3 is 0 Å². The molecular weight excluding hydrogens is 360 g/mol. The van der Waals surface area contributed by atoms with Crippen molar-refractivity contribution >= 4 is 11.8 Å². The van der Waals surface area contributed by atoms with Gasteiger partial charge in [0.05, 0.1) is 11.8 Å². The molecule has 1 N–H and O–H groups in total. The molecule has 2 fully saturated rings. The van der Waals surface area contributed by atoms with Crippen molar-refractivity contribution in [2.75, 3.05) is 19.6 Å². The van der Waals surface area contributed by atoms with E-state index in [-0.39, 0.29) is 23.7 Å². The van der Waals surface area contributed by atoms with Gasteiger partial charge in [0.25, 0.3) is 0 Å². The van der Waals surface area contributed by atoms with Gasteiger partial charge in [-0.2, -0.15) is 0 Å². The van der Waals surface area contributed by atoms with Crippen LogP contribution in [0.15, 0.2) is 42.0 Å². The van der Waals surface area contributed by atoms with Crippen molar-refractivity contribution in [3.63, 3.8) is 0 Å². The lowest BCUT2D eigenvalue weighted by molar-refractivity contribution is -0.136. The highest BCUT2D eigenvalue weighted by molar-refractivity contribution is 5.92. The van der Waals surface area contributed by atoms with Gasteiger partial charge in [-0.05, 0) is 69.3 Å². The van der Waals surface area contributed by atoms with Gasteiger partial charge in [-0.25, -0.2) is 0 Å². The summed E-state index contributed by atoms with van der Waals surface area (Å²) in [5.74, 6) is 0.783. The van der Waals surface area contributed by atoms with Gasteiger partial charge in [0.2, 0.25) is 11.8 Å². The third kappa shape index (κ3) is 5.49. The number of carbonyl (C=O) groups excluding carboxylic acids is 2. The molecule has 4 rings (SSSR count). The third-order valence-electron chi connectivity index (χ3n) is 6.87. The minimum Gasteiger partial charge on any atom is -0.356 e. The number of likely N-dealkylation sites (tertiary alicyclic amines) is 1. The molecule has 156 valence electrons. The molecule has 2 atom stereocenters. The van der Waals surface area contributed by atoms with E-state index in [4.69, 9.17) is 0 Å². The number of nitrogens with zero attached hydrogens (tertiary/aromatic N) is 1. The van der Waals surface area contributed by atoms with Crippen LogP contribution in [0.3, 0.4) is 0 Å². The van der Waals surface area contributed by atoms with Crippen LogP contribution in [0.2, 0.25) is 0 Å². The summed E-state index contributed by atoms with van der Waals surface area (Å²) < 4.78 is 0. The minimum absolute atomic E-state index is 0.0745. The topological polar surface area (TPSA) is 49.4 Å². The van der Waals surface area contributed by atoms with E-state index in [1.807, 2.05) is 4.90 Å². The quantitative estimate of drug-likeness (QED) is 0.708. The summed E-state index contributed by atoms with van der Waals surface area (Å²) in [7, 11) is 0. The van der Waals surface area contributed by atoms with Crippen LogP contribution in [0.5, 0.6) is 0 Å². The van der Waals surface area contributed by atoms with E-state index in [9.17, 15) is 9.59 Å². The SMILES string of the molecule is O=C(NCCC1=CCCCC1)C1CC1C(=O)N1CCC(Cc2ccccc2)CC1. The molecule has 1 aromatic rings. The Balaban J connectivity index is 1.15. The smallest absolute Gasteiger partial charge is 0.226 e. The Morgan fingerprint density at radius 3 is 2.55 bits per heavy atom. The summed E-state index contributed by atoms with van der Waals surface area (Å²) in [6.07, 6.45) is 12.2. The molecule has 2 unspecified atom stereocenters. The third-order valence-corrected chi connectivity index (χ3v) is 6.87. The lowest BCUT2D eigenvalue weighted by atomic mass is 9.90. The van der Waals surface area contributed by atoms with Gasteiger partial charge in [-0.1, -0.05) is 42.0 Å². The van der Waals surface area contributed by atoms with Gasteiger partial charge in [-0.15, -0.1) is 0 Å². The summed E-state index contributed by atoms with van der Waals surface area (Å²) in [4.78, 5) is 27.2. The summed E-state index contributed by atoms with van der Waals surface area (Å²) in [5, 5.41) is 3.06. The van der Waals surface area contributed by atoms with E-state index >= 15 is 0 Å². The first kappa shape index (κ1) is 20.2. The molecule has 4 nitrogen and oxygen atoms in total. The fourth-order valence-electron chi connectivity index (χ4n) is 4.91. The zero-order valence-electron chi connectivity index (χ0n) is 17.4. The fourth-order valence-corrected chi connectivity index (χ4v) is 4.91. The van der Waals surface area contributed by atoms with Crippen LogP contribution in [0, 0.1) is 17.8 Å². The van der Waals surface area contributed by atoms with Crippen molar-refractivity contribution in [3.8, 4) is 0 Å². The first-order valence-corrected chi connectivity index (χ1v) is 11.5. The molecule has 1 saturated heterocycles. The summed E-state index contributed by atoms with van der Waals surface area (Å²) >= 11 is 0. The lowest BCUT2D eigenvalue weighted by Gasteiger charge is -2.32. The fraction of sp³-hybridized carbons (Fsp3) is 0.600. The predicted octanol–water partition coefficient (Wildman–Crippen LogP) is 4.11. The van der Waals surface area contributed by atoms with Crippen molar-refractivity contribution in [1.29, 1.82) is 0 Å². The zero-order valence-corrected chi connectivity index (χ0v) is 17.4. The number of hydrogen-bond acceptors (Lipinski definition) is 2. The minimum atomic E-state index is -0.0927. The Hall–Kier alpha value is -2.10. The molecule has 1 aliphatic heterocycles. The maximum atomic E-state index is 12.8. The molecule has 1 saturated carbocycles. The largest absolute Gasteiger partial charge is 0.356 e. The molecule has 29 heavy (non-hydrogen) atoms. The van der Waals surface area contributed by atoms with Crippen LogP contribution in [0.1, 0.15) is 56.9 Å². The lowest BCUT2D eigenvalue weighted by Crippen LogP contribution is -2.40. The predicted molar refractivity (Wildman–Crippen MR) is 115 cm³/mol. The second-order valence-electron chi connectivity index (χ2n) is 9.06. The summed E-state index contributed by atoms with van der Waals surface area (Å²) in [6, 6.07) is 10.6. The van der Waals surface area contributed by atoms with E-state index in [2.05, 4.69) is 41.7 Å². The number of amides is 2. The Morgan fingerprint density at radius 1 is 1.03 bits per heavy atom. The van der Waals surface area contributed by atoms with Crippen LogP contribution >= 0.6 is 0 Å². The molecule has 2 aliphatic carbocycles. The van der Waals surface area contributed by atoms with Crippen molar-refractivity contribution in [1.82, 2.24) is 10.2 Å². The Labute approximate surface area is 174 Å². The van der Waals surface area contributed by atoms with Crippen molar-refractivity contribution < 1.29 is 9.59 Å². The monoisotopic (exact) mass is 394 g/mol. The van der Waals surface area contributed by atoms with Gasteiger partial charge in [0.15, 0.2) is 0 Å². The Morgan fingerprint density at radius 2 is 1.83 bits per heavy atom. The van der Waals surface area contributed by atoms with Gasteiger partial charge in [0.1, 0.15) is 0 Å². The molecule has 0 spiro atoms. The van der Waals surface area contributed by atoms with E-state index in [0.29, 0.717) is 12.5 Å². The van der Waals surface area contributed by atoms with E-state index in [1.54, 1.807) is 0 Å². The number of hydrogen-bond donors (Lipinski definition) is 1. The molecule has 0 aromatic heterocycles. The number of carbonyl (C=O) groups is 2. The van der Waals surface area contributed by atoms with Crippen LogP contribution in [0.4, 0.5) is 0 Å². The van der Waals surface area contributed by atoms with Crippen molar-refractivity contribution in [3.05, 3.63) is 47.5 Å². The first-order chi connectivity index (χ1) is 14.2. The van der Waals surface area contributed by atoms with Gasteiger partial charge < -0.3 is 10.2 Å². The number of nitrogens with one attached hydrogen (secondary N) is 1. The average Bonchev–Trinajstić information content (AvgIpc) is 3.56. The maximum absolute atomic E-state index is 12.8. The molecule has 0 radical (unpaired) electrons. The van der Waals surface area contributed by atoms with Crippen LogP contribution in [-0.4, -0.2) is 36.3 Å². The van der Waals surface area contributed by atoms with E-state index in [0.717, 1.165) is 45.2 Å². The van der Waals surface area contributed by atoms with Gasteiger partial charge in [0, 0.05) is 19.6 Å².